The minimum Gasteiger partial charge on any atom is -0.497 e. The van der Waals surface area contributed by atoms with E-state index in [-0.39, 0.29) is 11.8 Å². The van der Waals surface area contributed by atoms with Crippen molar-refractivity contribution >= 4 is 11.8 Å². The topological polar surface area (TPSA) is 92.1 Å². The van der Waals surface area contributed by atoms with Gasteiger partial charge in [0.05, 0.1) is 32.5 Å². The molecular formula is C27H33N3O5. The SMILES string of the molecule is COc1ccc(CCC(=O)N2CCCN(C(=O)CCCOc3ccc(C#N)cc3OC)CC2)cc1. The molecule has 0 aromatic heterocycles. The van der Waals surface area contributed by atoms with Gasteiger partial charge in [-0.15, -0.1) is 0 Å². The van der Waals surface area contributed by atoms with E-state index in [1.165, 1.54) is 7.11 Å². The van der Waals surface area contributed by atoms with Crippen LogP contribution in [0.25, 0.3) is 0 Å². The predicted octanol–water partition coefficient (Wildman–Crippen LogP) is 3.43. The lowest BCUT2D eigenvalue weighted by molar-refractivity contribution is -0.133. The first-order valence-corrected chi connectivity index (χ1v) is 11.9. The van der Waals surface area contributed by atoms with Gasteiger partial charge in [0.25, 0.3) is 0 Å². The van der Waals surface area contributed by atoms with E-state index >= 15 is 0 Å². The van der Waals surface area contributed by atoms with Crippen LogP contribution in [0.15, 0.2) is 42.5 Å². The Morgan fingerprint density at radius 2 is 1.57 bits per heavy atom. The molecule has 35 heavy (non-hydrogen) atoms. The van der Waals surface area contributed by atoms with Crippen LogP contribution in [0.1, 0.15) is 36.8 Å². The summed E-state index contributed by atoms with van der Waals surface area (Å²) in [5.41, 5.74) is 1.60. The Morgan fingerprint density at radius 3 is 2.20 bits per heavy atom. The van der Waals surface area contributed by atoms with E-state index in [1.54, 1.807) is 25.3 Å². The fourth-order valence-corrected chi connectivity index (χ4v) is 4.04. The van der Waals surface area contributed by atoms with Crippen LogP contribution in [0.5, 0.6) is 17.2 Å². The van der Waals surface area contributed by atoms with Gasteiger partial charge in [0.1, 0.15) is 5.75 Å². The summed E-state index contributed by atoms with van der Waals surface area (Å²) in [5.74, 6) is 2.06. The second-order valence-electron chi connectivity index (χ2n) is 8.39. The second kappa shape index (κ2) is 13.2. The van der Waals surface area contributed by atoms with Gasteiger partial charge in [0.2, 0.25) is 11.8 Å². The number of hydrogen-bond acceptors (Lipinski definition) is 6. The molecular weight excluding hydrogens is 446 g/mol. The van der Waals surface area contributed by atoms with Crippen LogP contribution < -0.4 is 14.2 Å². The smallest absolute Gasteiger partial charge is 0.222 e. The third-order valence-electron chi connectivity index (χ3n) is 6.07. The van der Waals surface area contributed by atoms with Gasteiger partial charge in [0, 0.05) is 45.1 Å². The van der Waals surface area contributed by atoms with Gasteiger partial charge < -0.3 is 24.0 Å². The Morgan fingerprint density at radius 1 is 0.886 bits per heavy atom. The van der Waals surface area contributed by atoms with Crippen molar-refractivity contribution in [3.05, 3.63) is 53.6 Å². The highest BCUT2D eigenvalue weighted by atomic mass is 16.5. The van der Waals surface area contributed by atoms with E-state index < -0.39 is 0 Å². The van der Waals surface area contributed by atoms with Crippen LogP contribution in [0.2, 0.25) is 0 Å². The van der Waals surface area contributed by atoms with Crippen molar-refractivity contribution in [2.75, 3.05) is 47.0 Å². The number of carbonyl (C=O) groups excluding carboxylic acids is 2. The van der Waals surface area contributed by atoms with Gasteiger partial charge in [-0.25, -0.2) is 0 Å². The van der Waals surface area contributed by atoms with Crippen LogP contribution in [0.3, 0.4) is 0 Å². The molecule has 8 nitrogen and oxygen atoms in total. The molecule has 2 aromatic carbocycles. The average molecular weight is 480 g/mol. The highest BCUT2D eigenvalue weighted by Crippen LogP contribution is 2.28. The fourth-order valence-electron chi connectivity index (χ4n) is 4.04. The zero-order chi connectivity index (χ0) is 25.0. The van der Waals surface area contributed by atoms with E-state index in [1.807, 2.05) is 34.1 Å². The molecule has 0 atom stereocenters. The number of benzene rings is 2. The number of amides is 2. The minimum atomic E-state index is 0.0768. The van der Waals surface area contributed by atoms with Crippen LogP contribution in [-0.2, 0) is 16.0 Å². The van der Waals surface area contributed by atoms with E-state index in [2.05, 4.69) is 6.07 Å². The monoisotopic (exact) mass is 479 g/mol. The Labute approximate surface area is 207 Å². The van der Waals surface area contributed by atoms with Gasteiger partial charge in [-0.3, -0.25) is 9.59 Å². The molecule has 3 rings (SSSR count). The number of nitriles is 1. The number of ether oxygens (including phenoxy) is 3. The normalized spacial score (nSPS) is 13.5. The van der Waals surface area contributed by atoms with Gasteiger partial charge in [-0.2, -0.15) is 5.26 Å². The summed E-state index contributed by atoms with van der Waals surface area (Å²) < 4.78 is 16.2. The molecule has 0 radical (unpaired) electrons. The maximum atomic E-state index is 12.7. The number of hydrogen-bond donors (Lipinski definition) is 0. The molecule has 0 saturated carbocycles. The molecule has 186 valence electrons. The number of rotatable bonds is 10. The molecule has 1 saturated heterocycles. The molecule has 0 spiro atoms. The summed E-state index contributed by atoms with van der Waals surface area (Å²) >= 11 is 0. The summed E-state index contributed by atoms with van der Waals surface area (Å²) in [7, 11) is 3.16. The zero-order valence-electron chi connectivity index (χ0n) is 20.5. The molecule has 1 aliphatic rings. The molecule has 0 N–H and O–H groups in total. The van der Waals surface area contributed by atoms with Crippen LogP contribution in [-0.4, -0.2) is 68.6 Å². The lowest BCUT2D eigenvalue weighted by Gasteiger charge is -2.22. The Bertz CT molecular complexity index is 1030. The number of methoxy groups -OCH3 is 2. The molecule has 2 amide bonds. The first-order chi connectivity index (χ1) is 17.0. The molecule has 2 aromatic rings. The standard InChI is InChI=1S/C27H33N3O5/c1-33-23-10-6-21(7-11-23)9-13-27(32)30-15-4-14-29(16-17-30)26(31)5-3-18-35-24-12-8-22(20-28)19-25(24)34-2/h6-8,10-12,19H,3-5,9,13-18H2,1-2H3. The van der Waals surface area contributed by atoms with Crippen LogP contribution in [0, 0.1) is 11.3 Å². The molecule has 0 bridgehead atoms. The first kappa shape index (κ1) is 25.9. The largest absolute Gasteiger partial charge is 0.497 e. The Kier molecular flexibility index (Phi) is 9.79. The summed E-state index contributed by atoms with van der Waals surface area (Å²) in [6, 6.07) is 14.8. The van der Waals surface area contributed by atoms with Crippen molar-refractivity contribution in [1.29, 1.82) is 5.26 Å². The maximum absolute atomic E-state index is 12.7. The van der Waals surface area contributed by atoms with E-state index in [4.69, 9.17) is 19.5 Å². The van der Waals surface area contributed by atoms with E-state index in [0.29, 0.717) is 75.5 Å². The van der Waals surface area contributed by atoms with Gasteiger partial charge in [-0.1, -0.05) is 12.1 Å². The Balaban J connectivity index is 1.38. The summed E-state index contributed by atoms with van der Waals surface area (Å²) in [5, 5.41) is 8.99. The van der Waals surface area contributed by atoms with E-state index in [9.17, 15) is 9.59 Å². The zero-order valence-corrected chi connectivity index (χ0v) is 20.5. The third kappa shape index (κ3) is 7.64. The Hall–Kier alpha value is -3.73. The molecule has 1 fully saturated rings. The minimum absolute atomic E-state index is 0.0768. The van der Waals surface area contributed by atoms with Crippen molar-refractivity contribution in [3.63, 3.8) is 0 Å². The fraction of sp³-hybridized carbons (Fsp3) is 0.444. The predicted molar refractivity (Wildman–Crippen MR) is 132 cm³/mol. The summed E-state index contributed by atoms with van der Waals surface area (Å²) in [6.45, 7) is 2.82. The number of carbonyl (C=O) groups is 2. The van der Waals surface area contributed by atoms with Gasteiger partial charge in [0.15, 0.2) is 11.5 Å². The van der Waals surface area contributed by atoms with Crippen molar-refractivity contribution in [2.45, 2.75) is 32.1 Å². The number of nitrogens with zero attached hydrogens (tertiary/aromatic N) is 3. The van der Waals surface area contributed by atoms with Crippen LogP contribution in [0.4, 0.5) is 0 Å². The summed E-state index contributed by atoms with van der Waals surface area (Å²) in [6.07, 6.45) is 2.87. The average Bonchev–Trinajstić information content (AvgIpc) is 3.16. The second-order valence-corrected chi connectivity index (χ2v) is 8.39. The van der Waals surface area contributed by atoms with Crippen molar-refractivity contribution in [2.24, 2.45) is 0 Å². The van der Waals surface area contributed by atoms with Gasteiger partial charge >= 0.3 is 0 Å². The van der Waals surface area contributed by atoms with Crippen molar-refractivity contribution < 1.29 is 23.8 Å². The summed E-state index contributed by atoms with van der Waals surface area (Å²) in [4.78, 5) is 29.1. The number of aryl methyl sites for hydroxylation is 1. The van der Waals surface area contributed by atoms with Gasteiger partial charge in [-0.05, 0) is 49.1 Å². The van der Waals surface area contributed by atoms with Crippen LogP contribution >= 0.6 is 0 Å². The lowest BCUT2D eigenvalue weighted by Crippen LogP contribution is -2.37. The molecule has 0 unspecified atom stereocenters. The van der Waals surface area contributed by atoms with Crippen molar-refractivity contribution in [1.82, 2.24) is 9.80 Å². The highest BCUT2D eigenvalue weighted by Gasteiger charge is 2.21. The molecule has 0 aliphatic carbocycles. The highest BCUT2D eigenvalue weighted by molar-refractivity contribution is 5.78. The molecule has 1 heterocycles. The maximum Gasteiger partial charge on any atom is 0.222 e. The molecule has 1 aliphatic heterocycles. The van der Waals surface area contributed by atoms with Crippen molar-refractivity contribution in [3.8, 4) is 23.3 Å². The molecule has 8 heteroatoms. The quantitative estimate of drug-likeness (QED) is 0.485. The lowest BCUT2D eigenvalue weighted by atomic mass is 10.1. The van der Waals surface area contributed by atoms with E-state index in [0.717, 1.165) is 17.7 Å². The first-order valence-electron chi connectivity index (χ1n) is 11.9. The third-order valence-corrected chi connectivity index (χ3v) is 6.07.